The highest BCUT2D eigenvalue weighted by atomic mass is 16.6. The third-order valence-corrected chi connectivity index (χ3v) is 7.10. The Morgan fingerprint density at radius 2 is 1.52 bits per heavy atom. The number of benzene rings is 2. The molecule has 7 nitrogen and oxygen atoms in total. The van der Waals surface area contributed by atoms with E-state index in [2.05, 4.69) is 44.3 Å². The number of hydrogen-bond acceptors (Lipinski definition) is 7. The minimum Gasteiger partial charge on any atom is -0.490 e. The van der Waals surface area contributed by atoms with Gasteiger partial charge in [0, 0.05) is 19.3 Å². The van der Waals surface area contributed by atoms with E-state index in [-0.39, 0.29) is 19.8 Å². The van der Waals surface area contributed by atoms with Gasteiger partial charge in [-0.1, -0.05) is 57.2 Å². The molecule has 1 aliphatic rings. The molecule has 0 amide bonds. The van der Waals surface area contributed by atoms with Crippen LogP contribution in [0.15, 0.2) is 60.7 Å². The molecule has 0 heterocycles. The first-order valence-electron chi connectivity index (χ1n) is 14.8. The van der Waals surface area contributed by atoms with Crippen LogP contribution in [0.25, 0.3) is 11.1 Å². The van der Waals surface area contributed by atoms with E-state index in [0.29, 0.717) is 54.6 Å². The molecule has 0 atom stereocenters. The first-order valence-corrected chi connectivity index (χ1v) is 14.8. The van der Waals surface area contributed by atoms with E-state index in [4.69, 9.17) is 18.9 Å². The Hall–Kier alpha value is -3.42. The highest BCUT2D eigenvalue weighted by Crippen LogP contribution is 2.42. The summed E-state index contributed by atoms with van der Waals surface area (Å²) in [5.74, 6) is 2.37. The topological polar surface area (TPSA) is 91.3 Å². The fourth-order valence-corrected chi connectivity index (χ4v) is 4.74. The molecule has 0 aliphatic heterocycles. The van der Waals surface area contributed by atoms with Crippen LogP contribution in [-0.4, -0.2) is 57.5 Å². The SMILES string of the molecule is C=C(C)C(=O)OCCOc1cc(CCCO)cc(OCCOC)c1-c1ccc(C2CCC(C)CC2)cc1.C=C(C)C=O. The second-order valence-corrected chi connectivity index (χ2v) is 10.9. The second-order valence-electron chi connectivity index (χ2n) is 10.9. The van der Waals surface area contributed by atoms with E-state index >= 15 is 0 Å². The van der Waals surface area contributed by atoms with Crippen LogP contribution in [-0.2, 0) is 25.5 Å². The third kappa shape index (κ3) is 11.8. The summed E-state index contributed by atoms with van der Waals surface area (Å²) in [4.78, 5) is 21.2. The van der Waals surface area contributed by atoms with Gasteiger partial charge in [-0.05, 0) is 85.8 Å². The van der Waals surface area contributed by atoms with Crippen LogP contribution in [0.3, 0.4) is 0 Å². The lowest BCUT2D eigenvalue weighted by molar-refractivity contribution is -0.139. The van der Waals surface area contributed by atoms with Crippen molar-refractivity contribution < 1.29 is 33.6 Å². The zero-order chi connectivity index (χ0) is 30.9. The summed E-state index contributed by atoms with van der Waals surface area (Å²) in [5.41, 5.74) is 5.18. The number of methoxy groups -OCH3 is 1. The van der Waals surface area contributed by atoms with Crippen molar-refractivity contribution in [1.82, 2.24) is 0 Å². The van der Waals surface area contributed by atoms with Gasteiger partial charge in [-0.25, -0.2) is 4.79 Å². The molecule has 1 fully saturated rings. The van der Waals surface area contributed by atoms with E-state index in [1.165, 1.54) is 31.2 Å². The third-order valence-electron chi connectivity index (χ3n) is 7.10. The molecule has 0 spiro atoms. The average molecular weight is 581 g/mol. The molecule has 0 radical (unpaired) electrons. The predicted octanol–water partition coefficient (Wildman–Crippen LogP) is 6.86. The molecule has 3 rings (SSSR count). The molecule has 0 saturated heterocycles. The highest BCUT2D eigenvalue weighted by molar-refractivity contribution is 5.86. The molecular formula is C35H48O7. The maximum Gasteiger partial charge on any atom is 0.333 e. The van der Waals surface area contributed by atoms with Crippen molar-refractivity contribution in [3.05, 3.63) is 71.8 Å². The van der Waals surface area contributed by atoms with Gasteiger partial charge in [-0.2, -0.15) is 0 Å². The normalized spacial score (nSPS) is 16.0. The summed E-state index contributed by atoms with van der Waals surface area (Å²) in [6, 6.07) is 12.8. The maximum absolute atomic E-state index is 11.8. The Kier molecular flexibility index (Phi) is 15.7. The predicted molar refractivity (Wildman–Crippen MR) is 167 cm³/mol. The van der Waals surface area contributed by atoms with Crippen molar-refractivity contribution >= 4 is 12.3 Å². The zero-order valence-electron chi connectivity index (χ0n) is 25.8. The Morgan fingerprint density at radius 3 is 2.02 bits per heavy atom. The second kappa shape index (κ2) is 18.9. The molecule has 230 valence electrons. The quantitative estimate of drug-likeness (QED) is 0.107. The summed E-state index contributed by atoms with van der Waals surface area (Å²) in [5, 5.41) is 9.36. The van der Waals surface area contributed by atoms with E-state index in [9.17, 15) is 14.7 Å². The monoisotopic (exact) mass is 580 g/mol. The van der Waals surface area contributed by atoms with Crippen molar-refractivity contribution in [2.45, 2.75) is 65.2 Å². The smallest absolute Gasteiger partial charge is 0.333 e. The number of rotatable bonds is 15. The number of ether oxygens (including phenoxy) is 4. The maximum atomic E-state index is 11.8. The lowest BCUT2D eigenvalue weighted by Crippen LogP contribution is -2.13. The van der Waals surface area contributed by atoms with Crippen LogP contribution in [0, 0.1) is 5.92 Å². The fourth-order valence-electron chi connectivity index (χ4n) is 4.74. The molecule has 1 N–H and O–H groups in total. The lowest BCUT2D eigenvalue weighted by Gasteiger charge is -2.26. The molecule has 7 heteroatoms. The average Bonchev–Trinajstić information content (AvgIpc) is 2.99. The van der Waals surface area contributed by atoms with Gasteiger partial charge in [-0.15, -0.1) is 0 Å². The summed E-state index contributed by atoms with van der Waals surface area (Å²) >= 11 is 0. The molecular weight excluding hydrogens is 532 g/mol. The zero-order valence-corrected chi connectivity index (χ0v) is 25.8. The number of aliphatic hydroxyl groups excluding tert-OH is 1. The van der Waals surface area contributed by atoms with Crippen molar-refractivity contribution in [3.8, 4) is 22.6 Å². The molecule has 0 unspecified atom stereocenters. The Bertz CT molecular complexity index is 1140. The van der Waals surface area contributed by atoms with Crippen LogP contribution < -0.4 is 9.47 Å². The number of carbonyl (C=O) groups is 2. The minimum absolute atomic E-state index is 0.107. The van der Waals surface area contributed by atoms with Gasteiger partial charge in [0.15, 0.2) is 0 Å². The van der Waals surface area contributed by atoms with Crippen LogP contribution in [0.5, 0.6) is 11.5 Å². The van der Waals surface area contributed by atoms with Gasteiger partial charge in [0.25, 0.3) is 0 Å². The van der Waals surface area contributed by atoms with Gasteiger partial charge in [-0.3, -0.25) is 4.79 Å². The fraction of sp³-hybridized carbons (Fsp3) is 0.486. The first-order chi connectivity index (χ1) is 20.2. The molecule has 2 aromatic rings. The van der Waals surface area contributed by atoms with E-state index in [0.717, 1.165) is 28.9 Å². The van der Waals surface area contributed by atoms with E-state index < -0.39 is 5.97 Å². The van der Waals surface area contributed by atoms with Crippen molar-refractivity contribution in [1.29, 1.82) is 0 Å². The van der Waals surface area contributed by atoms with E-state index in [1.807, 2.05) is 12.1 Å². The Morgan fingerprint density at radius 1 is 0.952 bits per heavy atom. The first kappa shape index (κ1) is 34.8. The lowest BCUT2D eigenvalue weighted by atomic mass is 9.79. The Balaban J connectivity index is 0.00000113. The minimum atomic E-state index is -0.434. The molecule has 1 saturated carbocycles. The summed E-state index contributed by atoms with van der Waals surface area (Å²) in [7, 11) is 1.65. The molecule has 0 bridgehead atoms. The van der Waals surface area contributed by atoms with Gasteiger partial charge >= 0.3 is 5.97 Å². The summed E-state index contributed by atoms with van der Waals surface area (Å²) in [6.45, 7) is 13.8. The number of aldehydes is 1. The number of carbonyl (C=O) groups excluding carboxylic acids is 2. The number of allylic oxidation sites excluding steroid dienone is 1. The van der Waals surface area contributed by atoms with Crippen LogP contribution in [0.4, 0.5) is 0 Å². The van der Waals surface area contributed by atoms with Crippen molar-refractivity contribution in [2.75, 3.05) is 40.1 Å². The van der Waals surface area contributed by atoms with Crippen LogP contribution in [0.2, 0.25) is 0 Å². The van der Waals surface area contributed by atoms with Crippen molar-refractivity contribution in [3.63, 3.8) is 0 Å². The molecule has 1 aliphatic carbocycles. The van der Waals surface area contributed by atoms with Crippen molar-refractivity contribution in [2.24, 2.45) is 5.92 Å². The Labute approximate surface area is 251 Å². The van der Waals surface area contributed by atoms with Crippen LogP contribution >= 0.6 is 0 Å². The largest absolute Gasteiger partial charge is 0.490 e. The summed E-state index contributed by atoms with van der Waals surface area (Å²) in [6.07, 6.45) is 7.10. The number of hydrogen-bond donors (Lipinski definition) is 1. The van der Waals surface area contributed by atoms with Gasteiger partial charge in [0.2, 0.25) is 0 Å². The molecule has 0 aromatic heterocycles. The van der Waals surface area contributed by atoms with E-state index in [1.54, 1.807) is 21.0 Å². The molecule has 2 aromatic carbocycles. The van der Waals surface area contributed by atoms with Gasteiger partial charge in [0.05, 0.1) is 12.2 Å². The van der Waals surface area contributed by atoms with Gasteiger partial charge in [0.1, 0.15) is 37.6 Å². The highest BCUT2D eigenvalue weighted by Gasteiger charge is 2.21. The molecule has 42 heavy (non-hydrogen) atoms. The van der Waals surface area contributed by atoms with Crippen LogP contribution in [0.1, 0.15) is 69.9 Å². The summed E-state index contributed by atoms with van der Waals surface area (Å²) < 4.78 is 22.8. The number of aliphatic hydroxyl groups is 1. The van der Waals surface area contributed by atoms with Gasteiger partial charge < -0.3 is 24.1 Å². The standard InChI is InChI=1S/C31H42O6.C4H6O/c1-22(2)31(33)37-19-18-36-29-21-24(6-5-15-32)20-28(35-17-16-34-4)30(29)27-13-11-26(12-14-27)25-9-7-23(3)8-10-25;1-4(2)3-5/h11-14,20-21,23,25,32H,1,5-10,15-19H2,2-4H3;3H,1H2,2H3. The number of esters is 1. The number of aryl methyl sites for hydroxylation is 1.